The van der Waals surface area contributed by atoms with E-state index in [1.165, 1.54) is 4.31 Å². The molecule has 0 radical (unpaired) electrons. The number of sulfonamides is 1. The topological polar surface area (TPSA) is 90.3 Å². The van der Waals surface area contributed by atoms with Crippen LogP contribution in [-0.4, -0.2) is 31.7 Å². The molecule has 7 heteroatoms. The van der Waals surface area contributed by atoms with Gasteiger partial charge in [-0.3, -0.25) is 4.79 Å². The molecule has 4 rings (SSSR count). The number of anilines is 1. The van der Waals surface area contributed by atoms with Gasteiger partial charge in [0.1, 0.15) is 0 Å². The molecule has 152 valence electrons. The SMILES string of the molecule is N#Cc1cccc(NC(=O)C2CCN(S(=O)(=O)c3ccc4ccccc4c3)CC2)c1. The van der Waals surface area contributed by atoms with E-state index in [2.05, 4.69) is 5.32 Å². The summed E-state index contributed by atoms with van der Waals surface area (Å²) in [4.78, 5) is 12.9. The molecule has 1 aliphatic heterocycles. The molecular weight excluding hydrogens is 398 g/mol. The summed E-state index contributed by atoms with van der Waals surface area (Å²) in [5.41, 5.74) is 1.05. The van der Waals surface area contributed by atoms with Crippen LogP contribution >= 0.6 is 0 Å². The van der Waals surface area contributed by atoms with Crippen molar-refractivity contribution in [1.29, 1.82) is 5.26 Å². The molecule has 1 fully saturated rings. The van der Waals surface area contributed by atoms with Crippen LogP contribution in [0.1, 0.15) is 18.4 Å². The molecule has 0 spiro atoms. The van der Waals surface area contributed by atoms with Gasteiger partial charge in [0.25, 0.3) is 0 Å². The second-order valence-electron chi connectivity index (χ2n) is 7.37. The zero-order valence-corrected chi connectivity index (χ0v) is 17.1. The average molecular weight is 420 g/mol. The van der Waals surface area contributed by atoms with Gasteiger partial charge in [0, 0.05) is 24.7 Å². The Morgan fingerprint density at radius 3 is 2.43 bits per heavy atom. The normalized spacial score (nSPS) is 15.6. The monoisotopic (exact) mass is 419 g/mol. The van der Waals surface area contributed by atoms with Crippen LogP contribution in [0, 0.1) is 17.2 Å². The lowest BCUT2D eigenvalue weighted by Crippen LogP contribution is -2.41. The molecule has 6 nitrogen and oxygen atoms in total. The summed E-state index contributed by atoms with van der Waals surface area (Å²) in [5.74, 6) is -0.411. The van der Waals surface area contributed by atoms with Crippen LogP contribution in [0.4, 0.5) is 5.69 Å². The molecule has 0 atom stereocenters. The predicted molar refractivity (Wildman–Crippen MR) is 115 cm³/mol. The van der Waals surface area contributed by atoms with Crippen LogP contribution in [0.2, 0.25) is 0 Å². The van der Waals surface area contributed by atoms with E-state index in [1.54, 1.807) is 36.4 Å². The van der Waals surface area contributed by atoms with E-state index in [1.807, 2.05) is 36.4 Å². The maximum absolute atomic E-state index is 13.1. The van der Waals surface area contributed by atoms with Gasteiger partial charge < -0.3 is 5.32 Å². The van der Waals surface area contributed by atoms with Crippen LogP contribution in [0.25, 0.3) is 10.8 Å². The third kappa shape index (κ3) is 4.06. The first-order chi connectivity index (χ1) is 14.5. The summed E-state index contributed by atoms with van der Waals surface area (Å²) in [6, 6.07) is 21.6. The van der Waals surface area contributed by atoms with Gasteiger partial charge in [-0.05, 0) is 53.9 Å². The van der Waals surface area contributed by atoms with Gasteiger partial charge in [0.05, 0.1) is 16.5 Å². The number of rotatable bonds is 4. The van der Waals surface area contributed by atoms with Gasteiger partial charge in [-0.25, -0.2) is 8.42 Å². The van der Waals surface area contributed by atoms with Gasteiger partial charge in [-0.2, -0.15) is 9.57 Å². The summed E-state index contributed by atoms with van der Waals surface area (Å²) in [6.45, 7) is 0.594. The van der Waals surface area contributed by atoms with Crippen molar-refractivity contribution in [2.45, 2.75) is 17.7 Å². The van der Waals surface area contributed by atoms with E-state index in [-0.39, 0.29) is 16.7 Å². The van der Waals surface area contributed by atoms with E-state index in [4.69, 9.17) is 5.26 Å². The molecule has 1 aliphatic rings. The van der Waals surface area contributed by atoms with Gasteiger partial charge in [-0.15, -0.1) is 0 Å². The smallest absolute Gasteiger partial charge is 0.243 e. The van der Waals surface area contributed by atoms with Gasteiger partial charge in [0.15, 0.2) is 0 Å². The molecule has 1 amide bonds. The van der Waals surface area contributed by atoms with Gasteiger partial charge in [-0.1, -0.05) is 36.4 Å². The highest BCUT2D eigenvalue weighted by Gasteiger charge is 2.32. The van der Waals surface area contributed by atoms with E-state index >= 15 is 0 Å². The third-order valence-electron chi connectivity index (χ3n) is 5.44. The highest BCUT2D eigenvalue weighted by molar-refractivity contribution is 7.89. The van der Waals surface area contributed by atoms with Crippen molar-refractivity contribution in [2.75, 3.05) is 18.4 Å². The van der Waals surface area contributed by atoms with Crippen molar-refractivity contribution in [1.82, 2.24) is 4.31 Å². The Labute approximate surface area is 175 Å². The quantitative estimate of drug-likeness (QED) is 0.697. The molecule has 0 saturated carbocycles. The Hall–Kier alpha value is -3.21. The highest BCUT2D eigenvalue weighted by atomic mass is 32.2. The lowest BCUT2D eigenvalue weighted by Gasteiger charge is -2.30. The Balaban J connectivity index is 1.42. The highest BCUT2D eigenvalue weighted by Crippen LogP contribution is 2.27. The summed E-state index contributed by atoms with van der Waals surface area (Å²) in [5, 5.41) is 13.7. The molecule has 0 aliphatic carbocycles. The van der Waals surface area contributed by atoms with E-state index in [0.717, 1.165) is 10.8 Å². The van der Waals surface area contributed by atoms with E-state index < -0.39 is 10.0 Å². The molecule has 30 heavy (non-hydrogen) atoms. The number of hydrogen-bond donors (Lipinski definition) is 1. The largest absolute Gasteiger partial charge is 0.326 e. The molecule has 3 aromatic rings. The summed E-state index contributed by atoms with van der Waals surface area (Å²) >= 11 is 0. The maximum Gasteiger partial charge on any atom is 0.243 e. The first-order valence-electron chi connectivity index (χ1n) is 9.77. The number of benzene rings is 3. The van der Waals surface area contributed by atoms with Crippen LogP contribution in [0.15, 0.2) is 71.6 Å². The number of nitriles is 1. The van der Waals surface area contributed by atoms with Gasteiger partial charge >= 0.3 is 0 Å². The first-order valence-corrected chi connectivity index (χ1v) is 11.2. The second-order valence-corrected chi connectivity index (χ2v) is 9.31. The Morgan fingerprint density at radius 2 is 1.70 bits per heavy atom. The molecule has 0 bridgehead atoms. The summed E-state index contributed by atoms with van der Waals surface area (Å²) in [6.07, 6.45) is 0.910. The number of nitrogens with one attached hydrogen (secondary N) is 1. The molecule has 0 aromatic heterocycles. The minimum Gasteiger partial charge on any atom is -0.326 e. The number of piperidine rings is 1. The first kappa shape index (κ1) is 20.1. The lowest BCUT2D eigenvalue weighted by atomic mass is 9.97. The van der Waals surface area contributed by atoms with Crippen molar-refractivity contribution in [2.24, 2.45) is 5.92 Å². The second kappa shape index (κ2) is 8.27. The summed E-state index contributed by atoms with van der Waals surface area (Å²) < 4.78 is 27.6. The maximum atomic E-state index is 13.1. The average Bonchev–Trinajstić information content (AvgIpc) is 2.79. The Kier molecular flexibility index (Phi) is 5.53. The molecule has 1 saturated heterocycles. The number of fused-ring (bicyclic) bond motifs is 1. The Morgan fingerprint density at radius 1 is 0.967 bits per heavy atom. The van der Waals surface area contributed by atoms with Crippen LogP contribution in [0.5, 0.6) is 0 Å². The molecule has 1 heterocycles. The lowest BCUT2D eigenvalue weighted by molar-refractivity contribution is -0.120. The predicted octanol–water partition coefficient (Wildman–Crippen LogP) is 3.75. The minimum absolute atomic E-state index is 0.146. The zero-order chi connectivity index (χ0) is 21.1. The van der Waals surface area contributed by atoms with Gasteiger partial charge in [0.2, 0.25) is 15.9 Å². The fourth-order valence-electron chi connectivity index (χ4n) is 3.75. The summed E-state index contributed by atoms with van der Waals surface area (Å²) in [7, 11) is -3.60. The molecule has 3 aromatic carbocycles. The molecule has 0 unspecified atom stereocenters. The number of hydrogen-bond acceptors (Lipinski definition) is 4. The number of nitrogens with zero attached hydrogens (tertiary/aromatic N) is 2. The van der Waals surface area contributed by atoms with Crippen LogP contribution in [-0.2, 0) is 14.8 Å². The molecular formula is C23H21N3O3S. The molecule has 1 N–H and O–H groups in total. The third-order valence-corrected chi connectivity index (χ3v) is 7.34. The van der Waals surface area contributed by atoms with Crippen LogP contribution in [0.3, 0.4) is 0 Å². The number of amides is 1. The van der Waals surface area contributed by atoms with Crippen LogP contribution < -0.4 is 5.32 Å². The number of carbonyl (C=O) groups is 1. The van der Waals surface area contributed by atoms with Crippen molar-refractivity contribution < 1.29 is 13.2 Å². The van der Waals surface area contributed by atoms with Crippen molar-refractivity contribution >= 4 is 32.4 Å². The fourth-order valence-corrected chi connectivity index (χ4v) is 5.25. The van der Waals surface area contributed by atoms with Crippen molar-refractivity contribution in [3.05, 3.63) is 72.3 Å². The Bertz CT molecular complexity index is 1240. The number of carbonyl (C=O) groups excluding carboxylic acids is 1. The van der Waals surface area contributed by atoms with E-state index in [0.29, 0.717) is 37.2 Å². The minimum atomic E-state index is -3.60. The van der Waals surface area contributed by atoms with Crippen molar-refractivity contribution in [3.8, 4) is 6.07 Å². The zero-order valence-electron chi connectivity index (χ0n) is 16.3. The fraction of sp³-hybridized carbons (Fsp3) is 0.217. The van der Waals surface area contributed by atoms with Crippen molar-refractivity contribution in [3.63, 3.8) is 0 Å². The van der Waals surface area contributed by atoms with E-state index in [9.17, 15) is 13.2 Å². The standard InChI is InChI=1S/C23H21N3O3S/c24-16-17-4-3-7-21(14-17)25-23(27)19-10-12-26(13-11-19)30(28,29)22-9-8-18-5-1-2-6-20(18)15-22/h1-9,14-15,19H,10-13H2,(H,25,27).